The molecule has 1 aliphatic rings. The van der Waals surface area contributed by atoms with E-state index in [4.69, 9.17) is 14.7 Å². The highest BCUT2D eigenvalue weighted by Crippen LogP contribution is 2.39. The van der Waals surface area contributed by atoms with Crippen molar-refractivity contribution in [2.24, 2.45) is 0 Å². The summed E-state index contributed by atoms with van der Waals surface area (Å²) in [5, 5.41) is 12.4. The second kappa shape index (κ2) is 15.4. The van der Waals surface area contributed by atoms with E-state index < -0.39 is 6.29 Å². The van der Waals surface area contributed by atoms with Crippen LogP contribution in [0.3, 0.4) is 0 Å². The van der Waals surface area contributed by atoms with Crippen molar-refractivity contribution < 1.29 is 24.3 Å². The number of amides is 2. The van der Waals surface area contributed by atoms with Crippen LogP contribution in [0, 0.1) is 0 Å². The largest absolute Gasteiger partial charge is 0.344 e. The molecule has 2 aromatic carbocycles. The van der Waals surface area contributed by atoms with Gasteiger partial charge in [-0.2, -0.15) is 0 Å². The van der Waals surface area contributed by atoms with Crippen molar-refractivity contribution in [3.8, 4) is 0 Å². The maximum atomic E-state index is 12.4. The smallest absolute Gasteiger partial charge is 0.243 e. The highest BCUT2D eigenvalue weighted by molar-refractivity contribution is 7.99. The van der Waals surface area contributed by atoms with Crippen LogP contribution in [0.2, 0.25) is 0 Å². The van der Waals surface area contributed by atoms with Crippen molar-refractivity contribution in [2.45, 2.75) is 68.5 Å². The number of nitrogens with zero attached hydrogens (tertiary/aromatic N) is 1. The van der Waals surface area contributed by atoms with E-state index >= 15 is 0 Å². The van der Waals surface area contributed by atoms with Gasteiger partial charge < -0.3 is 14.8 Å². The molecule has 3 N–H and O–H groups in total. The van der Waals surface area contributed by atoms with Gasteiger partial charge in [-0.25, -0.2) is 10.5 Å². The molecule has 1 saturated heterocycles. The Balaban J connectivity index is 1.30. The van der Waals surface area contributed by atoms with Gasteiger partial charge in [0, 0.05) is 42.5 Å². The zero-order valence-electron chi connectivity index (χ0n) is 21.8. The second-order valence-electron chi connectivity index (χ2n) is 9.46. The molecule has 1 aliphatic heterocycles. The molecule has 0 spiro atoms. The molecular formula is C30H35N3O5S. The number of carbonyl (C=O) groups excluding carboxylic acids is 2. The Morgan fingerprint density at radius 1 is 0.846 bits per heavy atom. The quantitative estimate of drug-likeness (QED) is 0.101. The summed E-state index contributed by atoms with van der Waals surface area (Å²) < 4.78 is 12.7. The molecule has 0 saturated carbocycles. The number of thioether (sulfide) groups is 1. The van der Waals surface area contributed by atoms with E-state index in [-0.39, 0.29) is 24.0 Å². The number of pyridine rings is 1. The monoisotopic (exact) mass is 549 g/mol. The number of aromatic nitrogens is 1. The van der Waals surface area contributed by atoms with Gasteiger partial charge in [0.05, 0.1) is 17.2 Å². The minimum absolute atomic E-state index is 0.0154. The molecule has 0 bridgehead atoms. The second-order valence-corrected chi connectivity index (χ2v) is 10.5. The van der Waals surface area contributed by atoms with Crippen LogP contribution in [0.4, 0.5) is 5.69 Å². The van der Waals surface area contributed by atoms with Crippen molar-refractivity contribution in [3.63, 3.8) is 0 Å². The summed E-state index contributed by atoms with van der Waals surface area (Å²) in [5.74, 6) is 0.355. The molecule has 3 atom stereocenters. The van der Waals surface area contributed by atoms with E-state index in [1.54, 1.807) is 23.4 Å². The van der Waals surface area contributed by atoms with Crippen LogP contribution in [0.1, 0.15) is 68.5 Å². The van der Waals surface area contributed by atoms with Crippen LogP contribution < -0.4 is 10.8 Å². The first-order valence-corrected chi connectivity index (χ1v) is 14.3. The molecule has 206 valence electrons. The van der Waals surface area contributed by atoms with Crippen LogP contribution >= 0.6 is 11.8 Å². The molecule has 2 amide bonds. The third-order valence-electron chi connectivity index (χ3n) is 6.46. The Hall–Kier alpha value is -3.24. The summed E-state index contributed by atoms with van der Waals surface area (Å²) in [6.45, 7) is 0. The molecule has 39 heavy (non-hydrogen) atoms. The van der Waals surface area contributed by atoms with Gasteiger partial charge in [-0.1, -0.05) is 61.4 Å². The Morgan fingerprint density at radius 2 is 1.56 bits per heavy atom. The molecule has 3 unspecified atom stereocenters. The number of nitrogens with one attached hydrogen (secondary N) is 2. The number of ether oxygens (including phenoxy) is 2. The Bertz CT molecular complexity index is 1160. The Kier molecular flexibility index (Phi) is 11.3. The van der Waals surface area contributed by atoms with Crippen molar-refractivity contribution in [3.05, 3.63) is 90.1 Å². The number of hydrogen-bond donors (Lipinski definition) is 3. The SMILES string of the molecule is O=C(CCCCCCC(=O)Nc1ccc(C2CC(CSc3ccccn3)OC(c3ccccc3)O2)cc1)NO. The first kappa shape index (κ1) is 28.8. The summed E-state index contributed by atoms with van der Waals surface area (Å²) in [6, 6.07) is 23.7. The minimum atomic E-state index is -0.461. The topological polar surface area (TPSA) is 110 Å². The average molecular weight is 550 g/mol. The first-order valence-electron chi connectivity index (χ1n) is 13.3. The lowest BCUT2D eigenvalue weighted by Gasteiger charge is -2.36. The van der Waals surface area contributed by atoms with Crippen molar-refractivity contribution >= 4 is 29.3 Å². The van der Waals surface area contributed by atoms with Crippen LogP contribution in [0.25, 0.3) is 0 Å². The summed E-state index contributed by atoms with van der Waals surface area (Å²) >= 11 is 1.68. The molecule has 4 rings (SSSR count). The molecule has 1 fully saturated rings. The van der Waals surface area contributed by atoms with E-state index in [9.17, 15) is 9.59 Å². The van der Waals surface area contributed by atoms with Crippen molar-refractivity contribution in [2.75, 3.05) is 11.1 Å². The van der Waals surface area contributed by atoms with Gasteiger partial charge in [0.25, 0.3) is 0 Å². The number of unbranched alkanes of at least 4 members (excludes halogenated alkanes) is 3. The fourth-order valence-electron chi connectivity index (χ4n) is 4.39. The summed E-state index contributed by atoms with van der Waals surface area (Å²) in [6.07, 6.45) is 5.75. The van der Waals surface area contributed by atoms with Crippen LogP contribution in [-0.2, 0) is 19.1 Å². The third-order valence-corrected chi connectivity index (χ3v) is 7.53. The predicted octanol–water partition coefficient (Wildman–Crippen LogP) is 6.20. The van der Waals surface area contributed by atoms with E-state index in [0.29, 0.717) is 19.3 Å². The van der Waals surface area contributed by atoms with Crippen LogP contribution in [-0.4, -0.2) is 33.9 Å². The molecule has 8 nitrogen and oxygen atoms in total. The summed E-state index contributed by atoms with van der Waals surface area (Å²) in [5.41, 5.74) is 4.40. The molecule has 0 radical (unpaired) electrons. The molecule has 1 aromatic heterocycles. The van der Waals surface area contributed by atoms with Gasteiger partial charge in [-0.3, -0.25) is 14.8 Å². The lowest BCUT2D eigenvalue weighted by atomic mass is 10.0. The fourth-order valence-corrected chi connectivity index (χ4v) is 5.27. The molecule has 9 heteroatoms. The number of hydrogen-bond acceptors (Lipinski definition) is 7. The highest BCUT2D eigenvalue weighted by atomic mass is 32.2. The van der Waals surface area contributed by atoms with E-state index in [1.165, 1.54) is 0 Å². The maximum absolute atomic E-state index is 12.4. The number of hydroxylamine groups is 1. The molecule has 0 aliphatic carbocycles. The van der Waals surface area contributed by atoms with E-state index in [1.807, 2.05) is 72.8 Å². The molecule has 2 heterocycles. The first-order chi connectivity index (χ1) is 19.1. The highest BCUT2D eigenvalue weighted by Gasteiger charge is 2.32. The van der Waals surface area contributed by atoms with Crippen LogP contribution in [0.5, 0.6) is 0 Å². The van der Waals surface area contributed by atoms with Gasteiger partial charge in [-0.15, -0.1) is 11.8 Å². The lowest BCUT2D eigenvalue weighted by Crippen LogP contribution is -2.31. The maximum Gasteiger partial charge on any atom is 0.243 e. The van der Waals surface area contributed by atoms with Gasteiger partial charge in [0.15, 0.2) is 6.29 Å². The fraction of sp³-hybridized carbons (Fsp3) is 0.367. The van der Waals surface area contributed by atoms with Gasteiger partial charge in [-0.05, 0) is 42.7 Å². The van der Waals surface area contributed by atoms with Gasteiger partial charge in [0.1, 0.15) is 0 Å². The lowest BCUT2D eigenvalue weighted by molar-refractivity contribution is -0.245. The Labute approximate surface area is 233 Å². The average Bonchev–Trinajstić information content (AvgIpc) is 2.99. The van der Waals surface area contributed by atoms with Crippen LogP contribution in [0.15, 0.2) is 84.0 Å². The zero-order chi connectivity index (χ0) is 27.3. The minimum Gasteiger partial charge on any atom is -0.344 e. The number of carbonyl (C=O) groups is 2. The summed E-state index contributed by atoms with van der Waals surface area (Å²) in [7, 11) is 0. The molecule has 3 aromatic rings. The number of rotatable bonds is 13. The molecular weight excluding hydrogens is 514 g/mol. The Morgan fingerprint density at radius 3 is 2.26 bits per heavy atom. The van der Waals surface area contributed by atoms with E-state index in [2.05, 4.69) is 10.3 Å². The van der Waals surface area contributed by atoms with E-state index in [0.717, 1.165) is 53.3 Å². The van der Waals surface area contributed by atoms with Crippen molar-refractivity contribution in [1.82, 2.24) is 10.5 Å². The van der Waals surface area contributed by atoms with Gasteiger partial charge >= 0.3 is 0 Å². The zero-order valence-corrected chi connectivity index (χ0v) is 22.6. The summed E-state index contributed by atoms with van der Waals surface area (Å²) in [4.78, 5) is 27.8. The predicted molar refractivity (Wildman–Crippen MR) is 150 cm³/mol. The van der Waals surface area contributed by atoms with Gasteiger partial charge in [0.2, 0.25) is 11.8 Å². The third kappa shape index (κ3) is 9.47. The number of benzene rings is 2. The number of anilines is 1. The normalized spacial score (nSPS) is 18.8. The van der Waals surface area contributed by atoms with Crippen molar-refractivity contribution in [1.29, 1.82) is 0 Å². The standard InChI is InChI=1S/C30H35N3O5S/c34-27(12-6-1-2-7-13-28(35)33-36)32-24-17-15-22(16-18-24)26-20-25(21-39-29-14-8-9-19-31-29)37-30(38-26)23-10-4-3-5-11-23/h3-5,8-11,14-19,25-26,30,36H,1-2,6-7,12-13,20-21H2,(H,32,34)(H,33,35).